The minimum Gasteiger partial charge on any atom is -0.350 e. The summed E-state index contributed by atoms with van der Waals surface area (Å²) >= 11 is 0. The number of nitrogens with zero attached hydrogens (tertiary/aromatic N) is 1. The van der Waals surface area contributed by atoms with Gasteiger partial charge in [0.1, 0.15) is 0 Å². The number of carbonyl (C=O) groups is 1. The van der Waals surface area contributed by atoms with Crippen LogP contribution in [0.3, 0.4) is 0 Å². The van der Waals surface area contributed by atoms with Crippen LogP contribution in [0, 0.1) is 0 Å². The average Bonchev–Trinajstić information content (AvgIpc) is 1.36. The predicted molar refractivity (Wildman–Crippen MR) is 28.8 cm³/mol. The predicted octanol–water partition coefficient (Wildman–Crippen LogP) is -0.708. The molecule has 0 aromatic rings. The van der Waals surface area contributed by atoms with Crippen molar-refractivity contribution >= 4 is 18.4 Å². The Labute approximate surface area is 47.8 Å². The van der Waals surface area contributed by atoms with E-state index < -0.39 is 6.03 Å². The van der Waals surface area contributed by atoms with Gasteiger partial charge in [0.25, 0.3) is 0 Å². The van der Waals surface area contributed by atoms with Crippen molar-refractivity contribution in [2.24, 2.45) is 11.6 Å². The molecule has 0 saturated carbocycles. The maximum absolute atomic E-state index is 9.72. The number of carbonyl (C=O) groups excluding carboxylic acids is 1. The van der Waals surface area contributed by atoms with E-state index in [0.717, 1.165) is 5.01 Å². The van der Waals surface area contributed by atoms with E-state index >= 15 is 0 Å². The lowest BCUT2D eigenvalue weighted by atomic mass is 11.0. The monoisotopic (exact) mass is 125 g/mol. The molecular formula is C2H8ClN3O. The number of halogens is 1. The first-order valence-electron chi connectivity index (χ1n) is 1.42. The third kappa shape index (κ3) is 5.52. The molecule has 0 radical (unpaired) electrons. The topological polar surface area (TPSA) is 72.3 Å². The standard InChI is InChI=1S/C2H7N3O.ClH/c1-5(4)2(3)6;/h4H2,1H3,(H2,3,6);1H. The fraction of sp³-hybridized carbons (Fsp3) is 0.500. The van der Waals surface area contributed by atoms with Gasteiger partial charge in [-0.2, -0.15) is 0 Å². The molecule has 0 saturated heterocycles. The highest BCUT2D eigenvalue weighted by Crippen LogP contribution is 1.59. The molecular weight excluding hydrogens is 117 g/mol. The second-order valence-electron chi connectivity index (χ2n) is 0.949. The van der Waals surface area contributed by atoms with Gasteiger partial charge in [-0.1, -0.05) is 0 Å². The van der Waals surface area contributed by atoms with Crippen LogP contribution in [0.5, 0.6) is 0 Å². The molecule has 2 amide bonds. The molecule has 0 bridgehead atoms. The van der Waals surface area contributed by atoms with Crippen molar-refractivity contribution in [3.63, 3.8) is 0 Å². The second kappa shape index (κ2) is 3.70. The van der Waals surface area contributed by atoms with Crippen molar-refractivity contribution in [1.29, 1.82) is 0 Å². The fourth-order valence-electron chi connectivity index (χ4n) is 0. The number of rotatable bonds is 0. The molecule has 0 fully saturated rings. The smallest absolute Gasteiger partial charge is 0.328 e. The molecule has 4 nitrogen and oxygen atoms in total. The van der Waals surface area contributed by atoms with E-state index in [9.17, 15) is 4.79 Å². The molecule has 0 aromatic carbocycles. The number of hydrogen-bond acceptors (Lipinski definition) is 2. The zero-order chi connectivity index (χ0) is 5.15. The maximum atomic E-state index is 9.72. The van der Waals surface area contributed by atoms with Gasteiger partial charge in [0.15, 0.2) is 0 Å². The molecule has 7 heavy (non-hydrogen) atoms. The van der Waals surface area contributed by atoms with Crippen LogP contribution in [0.2, 0.25) is 0 Å². The quantitative estimate of drug-likeness (QED) is 0.255. The van der Waals surface area contributed by atoms with Crippen LogP contribution in [0.4, 0.5) is 4.79 Å². The molecule has 5 heteroatoms. The fourth-order valence-corrected chi connectivity index (χ4v) is 0. The Balaban J connectivity index is 0. The van der Waals surface area contributed by atoms with Crippen LogP contribution >= 0.6 is 12.4 Å². The number of urea groups is 1. The minimum absolute atomic E-state index is 0. The second-order valence-corrected chi connectivity index (χ2v) is 0.949. The van der Waals surface area contributed by atoms with E-state index in [-0.39, 0.29) is 12.4 Å². The Kier molecular flexibility index (Phi) is 5.14. The first kappa shape index (κ1) is 9.72. The average molecular weight is 126 g/mol. The van der Waals surface area contributed by atoms with Crippen LogP contribution in [-0.4, -0.2) is 18.1 Å². The first-order valence-corrected chi connectivity index (χ1v) is 1.42. The number of primary amides is 1. The van der Waals surface area contributed by atoms with Crippen LogP contribution in [-0.2, 0) is 0 Å². The summed E-state index contributed by atoms with van der Waals surface area (Å²) in [5, 5.41) is 0.806. The van der Waals surface area contributed by atoms with Gasteiger partial charge in [-0.3, -0.25) is 5.01 Å². The highest BCUT2D eigenvalue weighted by Gasteiger charge is 1.89. The summed E-state index contributed by atoms with van der Waals surface area (Å²) in [5.41, 5.74) is 4.60. The minimum atomic E-state index is -0.630. The van der Waals surface area contributed by atoms with Gasteiger partial charge >= 0.3 is 6.03 Å². The normalized spacial score (nSPS) is 6.57. The lowest BCUT2D eigenvalue weighted by Gasteiger charge is -2.01. The van der Waals surface area contributed by atoms with Crippen molar-refractivity contribution in [3.05, 3.63) is 0 Å². The number of hydrazine groups is 1. The largest absolute Gasteiger partial charge is 0.350 e. The Hall–Kier alpha value is -0.480. The van der Waals surface area contributed by atoms with E-state index in [1.54, 1.807) is 0 Å². The highest BCUT2D eigenvalue weighted by atomic mass is 35.5. The van der Waals surface area contributed by atoms with Crippen LogP contribution in [0.25, 0.3) is 0 Å². The molecule has 0 aliphatic rings. The maximum Gasteiger partial charge on any atom is 0.328 e. The molecule has 44 valence electrons. The molecule has 0 aliphatic heterocycles. The van der Waals surface area contributed by atoms with Gasteiger partial charge in [0.05, 0.1) is 0 Å². The van der Waals surface area contributed by atoms with E-state index in [2.05, 4.69) is 5.73 Å². The summed E-state index contributed by atoms with van der Waals surface area (Å²) in [6, 6.07) is -0.630. The van der Waals surface area contributed by atoms with Gasteiger partial charge in [0, 0.05) is 7.05 Å². The Morgan fingerprint density at radius 3 is 1.86 bits per heavy atom. The van der Waals surface area contributed by atoms with Crippen molar-refractivity contribution in [2.75, 3.05) is 7.05 Å². The number of nitrogens with two attached hydrogens (primary N) is 2. The summed E-state index contributed by atoms with van der Waals surface area (Å²) < 4.78 is 0. The van der Waals surface area contributed by atoms with E-state index in [1.165, 1.54) is 7.05 Å². The molecule has 0 atom stereocenters. The lowest BCUT2D eigenvalue weighted by Crippen LogP contribution is -2.37. The third-order valence-electron chi connectivity index (χ3n) is 0.348. The Bertz CT molecular complexity index is 64.0. The zero-order valence-corrected chi connectivity index (χ0v) is 4.73. The van der Waals surface area contributed by atoms with Gasteiger partial charge in [-0.25, -0.2) is 10.6 Å². The summed E-state index contributed by atoms with van der Waals surface area (Å²) in [4.78, 5) is 9.72. The Morgan fingerprint density at radius 1 is 1.71 bits per heavy atom. The van der Waals surface area contributed by atoms with Crippen molar-refractivity contribution in [1.82, 2.24) is 5.01 Å². The van der Waals surface area contributed by atoms with Crippen LogP contribution in [0.15, 0.2) is 0 Å². The van der Waals surface area contributed by atoms with Gasteiger partial charge in [0.2, 0.25) is 0 Å². The molecule has 0 unspecified atom stereocenters. The molecule has 0 heterocycles. The summed E-state index contributed by atoms with van der Waals surface area (Å²) in [7, 11) is 1.38. The summed E-state index contributed by atoms with van der Waals surface area (Å²) in [6.07, 6.45) is 0. The van der Waals surface area contributed by atoms with Crippen LogP contribution in [0.1, 0.15) is 0 Å². The summed E-state index contributed by atoms with van der Waals surface area (Å²) in [5.74, 6) is 4.79. The molecule has 4 N–H and O–H groups in total. The van der Waals surface area contributed by atoms with Gasteiger partial charge in [-0.05, 0) is 0 Å². The molecule has 0 aromatic heterocycles. The SMILES string of the molecule is CN(N)C(N)=O.Cl. The third-order valence-corrected chi connectivity index (χ3v) is 0.348. The van der Waals surface area contributed by atoms with Crippen molar-refractivity contribution in [3.8, 4) is 0 Å². The number of hydrogen-bond donors (Lipinski definition) is 2. The first-order chi connectivity index (χ1) is 2.64. The number of amides is 2. The zero-order valence-electron chi connectivity index (χ0n) is 3.92. The lowest BCUT2D eigenvalue weighted by molar-refractivity contribution is 0.219. The molecule has 0 aliphatic carbocycles. The highest BCUT2D eigenvalue weighted by molar-refractivity contribution is 5.85. The van der Waals surface area contributed by atoms with Gasteiger partial charge in [-0.15, -0.1) is 12.4 Å². The summed E-state index contributed by atoms with van der Waals surface area (Å²) in [6.45, 7) is 0. The van der Waals surface area contributed by atoms with Crippen LogP contribution < -0.4 is 11.6 Å². The van der Waals surface area contributed by atoms with E-state index in [4.69, 9.17) is 5.84 Å². The van der Waals surface area contributed by atoms with E-state index in [0.29, 0.717) is 0 Å². The van der Waals surface area contributed by atoms with E-state index in [1.807, 2.05) is 0 Å². The molecule has 0 rings (SSSR count). The van der Waals surface area contributed by atoms with Gasteiger partial charge < -0.3 is 5.73 Å². The van der Waals surface area contributed by atoms with Crippen molar-refractivity contribution < 1.29 is 4.79 Å². The molecule has 0 spiro atoms. The van der Waals surface area contributed by atoms with Crippen molar-refractivity contribution in [2.45, 2.75) is 0 Å². The Morgan fingerprint density at radius 2 is 1.86 bits per heavy atom.